The highest BCUT2D eigenvalue weighted by atomic mass is 16.4. The fourth-order valence-electron chi connectivity index (χ4n) is 2.95. The minimum Gasteiger partial charge on any atom is -0.481 e. The quantitative estimate of drug-likeness (QED) is 0.723. The molecule has 0 radical (unpaired) electrons. The van der Waals surface area contributed by atoms with Crippen LogP contribution in [-0.2, 0) is 9.59 Å². The standard InChI is InChI=1S/C11H17NO3/c13-9(14)6-8-7-11(10(15)12-8)4-2-1-3-5-11/h8H,1-7H2,(H,12,15)(H,13,14). The van der Waals surface area contributed by atoms with Crippen LogP contribution in [-0.4, -0.2) is 23.0 Å². The van der Waals surface area contributed by atoms with Crippen LogP contribution in [0.15, 0.2) is 0 Å². The molecule has 84 valence electrons. The molecule has 2 aliphatic rings. The Kier molecular flexibility index (Phi) is 2.67. The molecule has 1 saturated carbocycles. The fraction of sp³-hybridized carbons (Fsp3) is 0.818. The van der Waals surface area contributed by atoms with Gasteiger partial charge in [0.15, 0.2) is 0 Å². The molecule has 1 unspecified atom stereocenters. The summed E-state index contributed by atoms with van der Waals surface area (Å²) in [5.74, 6) is -0.735. The van der Waals surface area contributed by atoms with Crippen LogP contribution in [0.3, 0.4) is 0 Å². The van der Waals surface area contributed by atoms with Crippen molar-refractivity contribution in [3.63, 3.8) is 0 Å². The van der Waals surface area contributed by atoms with E-state index in [0.717, 1.165) is 32.1 Å². The number of aliphatic carboxylic acids is 1. The fourth-order valence-corrected chi connectivity index (χ4v) is 2.95. The number of rotatable bonds is 2. The van der Waals surface area contributed by atoms with Gasteiger partial charge in [-0.2, -0.15) is 0 Å². The van der Waals surface area contributed by atoms with E-state index in [0.29, 0.717) is 0 Å². The molecule has 4 heteroatoms. The molecule has 2 rings (SSSR count). The van der Waals surface area contributed by atoms with Crippen LogP contribution in [0.25, 0.3) is 0 Å². The summed E-state index contributed by atoms with van der Waals surface area (Å²) in [4.78, 5) is 22.4. The third kappa shape index (κ3) is 1.98. The number of carbonyl (C=O) groups is 2. The molecule has 2 N–H and O–H groups in total. The highest BCUT2D eigenvalue weighted by Crippen LogP contribution is 2.44. The Morgan fingerprint density at radius 1 is 1.40 bits per heavy atom. The molecule has 1 aliphatic heterocycles. The van der Waals surface area contributed by atoms with Gasteiger partial charge in [0, 0.05) is 6.04 Å². The Morgan fingerprint density at radius 2 is 2.07 bits per heavy atom. The molecule has 1 aliphatic carbocycles. The minimum atomic E-state index is -0.826. The van der Waals surface area contributed by atoms with Crippen molar-refractivity contribution in [3.05, 3.63) is 0 Å². The third-order valence-electron chi connectivity index (χ3n) is 3.69. The Labute approximate surface area is 89.0 Å². The van der Waals surface area contributed by atoms with Crippen molar-refractivity contribution >= 4 is 11.9 Å². The smallest absolute Gasteiger partial charge is 0.305 e. The number of hydrogen-bond acceptors (Lipinski definition) is 2. The first-order valence-corrected chi connectivity index (χ1v) is 5.65. The molecule has 4 nitrogen and oxygen atoms in total. The van der Waals surface area contributed by atoms with Gasteiger partial charge in [-0.25, -0.2) is 0 Å². The predicted octanol–water partition coefficient (Wildman–Crippen LogP) is 1.30. The molecule has 2 fully saturated rings. The average molecular weight is 211 g/mol. The maximum Gasteiger partial charge on any atom is 0.305 e. The Balaban J connectivity index is 2.02. The SMILES string of the molecule is O=C(O)CC1CC2(CCCCC2)C(=O)N1. The number of hydrogen-bond donors (Lipinski definition) is 2. The molecule has 1 amide bonds. The summed E-state index contributed by atoms with van der Waals surface area (Å²) >= 11 is 0. The van der Waals surface area contributed by atoms with Gasteiger partial charge < -0.3 is 10.4 Å². The lowest BCUT2D eigenvalue weighted by atomic mass is 9.72. The number of nitrogens with one attached hydrogen (secondary N) is 1. The molecule has 0 aromatic rings. The normalized spacial score (nSPS) is 29.1. The molecule has 15 heavy (non-hydrogen) atoms. The number of amides is 1. The summed E-state index contributed by atoms with van der Waals surface area (Å²) < 4.78 is 0. The van der Waals surface area contributed by atoms with Gasteiger partial charge in [-0.1, -0.05) is 19.3 Å². The van der Waals surface area contributed by atoms with Crippen LogP contribution in [0.4, 0.5) is 0 Å². The van der Waals surface area contributed by atoms with Crippen molar-refractivity contribution in [2.45, 2.75) is 51.0 Å². The second kappa shape index (κ2) is 3.83. The summed E-state index contributed by atoms with van der Waals surface area (Å²) in [6, 6.07) is -0.145. The summed E-state index contributed by atoms with van der Waals surface area (Å²) in [5.41, 5.74) is -0.224. The van der Waals surface area contributed by atoms with E-state index in [4.69, 9.17) is 5.11 Å². The van der Waals surface area contributed by atoms with Gasteiger partial charge in [-0.3, -0.25) is 9.59 Å². The van der Waals surface area contributed by atoms with Crippen molar-refractivity contribution in [1.82, 2.24) is 5.32 Å². The minimum absolute atomic E-state index is 0.0630. The van der Waals surface area contributed by atoms with Crippen LogP contribution >= 0.6 is 0 Å². The Hall–Kier alpha value is -1.06. The lowest BCUT2D eigenvalue weighted by Crippen LogP contribution is -2.34. The van der Waals surface area contributed by atoms with Gasteiger partial charge in [0.1, 0.15) is 0 Å². The zero-order chi connectivity index (χ0) is 10.9. The predicted molar refractivity (Wildman–Crippen MR) is 54.3 cm³/mol. The van der Waals surface area contributed by atoms with Gasteiger partial charge in [-0.15, -0.1) is 0 Å². The number of carboxylic acid groups (broad SMARTS) is 1. The van der Waals surface area contributed by atoms with Gasteiger partial charge in [-0.05, 0) is 19.3 Å². The number of carbonyl (C=O) groups excluding carboxylic acids is 1. The van der Waals surface area contributed by atoms with Crippen molar-refractivity contribution in [1.29, 1.82) is 0 Å². The highest BCUT2D eigenvalue weighted by molar-refractivity contribution is 5.86. The molecule has 1 atom stereocenters. The largest absolute Gasteiger partial charge is 0.481 e. The Morgan fingerprint density at radius 3 is 2.67 bits per heavy atom. The molecule has 0 bridgehead atoms. The van der Waals surface area contributed by atoms with Gasteiger partial charge >= 0.3 is 5.97 Å². The van der Waals surface area contributed by atoms with E-state index >= 15 is 0 Å². The summed E-state index contributed by atoms with van der Waals surface area (Å²) in [6.45, 7) is 0. The topological polar surface area (TPSA) is 66.4 Å². The first-order valence-electron chi connectivity index (χ1n) is 5.65. The zero-order valence-corrected chi connectivity index (χ0v) is 8.79. The van der Waals surface area contributed by atoms with E-state index in [2.05, 4.69) is 5.32 Å². The molecular formula is C11H17NO3. The van der Waals surface area contributed by atoms with Gasteiger partial charge in [0.25, 0.3) is 0 Å². The van der Waals surface area contributed by atoms with E-state index in [1.165, 1.54) is 6.42 Å². The van der Waals surface area contributed by atoms with Crippen LogP contribution in [0.1, 0.15) is 44.9 Å². The molecule has 1 spiro atoms. The van der Waals surface area contributed by atoms with Gasteiger partial charge in [0.2, 0.25) is 5.91 Å². The summed E-state index contributed by atoms with van der Waals surface area (Å²) in [5, 5.41) is 11.5. The molecular weight excluding hydrogens is 194 g/mol. The average Bonchev–Trinajstić information content (AvgIpc) is 2.43. The highest BCUT2D eigenvalue weighted by Gasteiger charge is 2.47. The lowest BCUT2D eigenvalue weighted by molar-refractivity contribution is -0.137. The van der Waals surface area contributed by atoms with E-state index < -0.39 is 5.97 Å². The van der Waals surface area contributed by atoms with Crippen molar-refractivity contribution in [2.24, 2.45) is 5.41 Å². The Bertz CT molecular complexity index is 282. The monoisotopic (exact) mass is 211 g/mol. The van der Waals surface area contributed by atoms with Crippen molar-refractivity contribution < 1.29 is 14.7 Å². The molecule has 0 aromatic carbocycles. The second-order valence-corrected chi connectivity index (χ2v) is 4.81. The van der Waals surface area contributed by atoms with Crippen LogP contribution in [0.2, 0.25) is 0 Å². The van der Waals surface area contributed by atoms with Gasteiger partial charge in [0.05, 0.1) is 11.8 Å². The van der Waals surface area contributed by atoms with E-state index in [1.807, 2.05) is 0 Å². The number of carboxylic acids is 1. The lowest BCUT2D eigenvalue weighted by Gasteiger charge is -2.30. The third-order valence-corrected chi connectivity index (χ3v) is 3.69. The molecule has 1 heterocycles. The van der Waals surface area contributed by atoms with Crippen molar-refractivity contribution in [2.75, 3.05) is 0 Å². The van der Waals surface area contributed by atoms with Crippen LogP contribution in [0, 0.1) is 5.41 Å². The van der Waals surface area contributed by atoms with Crippen molar-refractivity contribution in [3.8, 4) is 0 Å². The van der Waals surface area contributed by atoms with E-state index in [-0.39, 0.29) is 23.8 Å². The molecule has 0 aromatic heterocycles. The maximum absolute atomic E-state index is 11.8. The van der Waals surface area contributed by atoms with Crippen LogP contribution in [0.5, 0.6) is 0 Å². The zero-order valence-electron chi connectivity index (χ0n) is 8.79. The maximum atomic E-state index is 11.8. The van der Waals surface area contributed by atoms with Crippen LogP contribution < -0.4 is 5.32 Å². The van der Waals surface area contributed by atoms with E-state index in [9.17, 15) is 9.59 Å². The summed E-state index contributed by atoms with van der Waals surface area (Å²) in [6.07, 6.45) is 6.08. The van der Waals surface area contributed by atoms with E-state index in [1.54, 1.807) is 0 Å². The first kappa shape index (κ1) is 10.5. The first-order chi connectivity index (χ1) is 7.12. The molecule has 1 saturated heterocycles. The summed E-state index contributed by atoms with van der Waals surface area (Å²) in [7, 11) is 0. The second-order valence-electron chi connectivity index (χ2n) is 4.81.